The summed E-state index contributed by atoms with van der Waals surface area (Å²) in [5.74, 6) is 3.05. The molecule has 0 saturated heterocycles. The van der Waals surface area contributed by atoms with Crippen LogP contribution in [0, 0.1) is 0 Å². The highest BCUT2D eigenvalue weighted by molar-refractivity contribution is 5.86. The van der Waals surface area contributed by atoms with Crippen molar-refractivity contribution in [2.45, 2.75) is 0 Å². The summed E-state index contributed by atoms with van der Waals surface area (Å²) in [5.41, 5.74) is 3.05. The van der Waals surface area contributed by atoms with E-state index in [1.165, 1.54) is 0 Å². The zero-order chi connectivity index (χ0) is 21.6. The van der Waals surface area contributed by atoms with Gasteiger partial charge in [0.05, 0.1) is 33.4 Å². The summed E-state index contributed by atoms with van der Waals surface area (Å²) in [5, 5.41) is 0.975. The van der Waals surface area contributed by atoms with E-state index in [1.807, 2.05) is 42.5 Å². The number of nitrogens with zero attached hydrogens (tertiary/aromatic N) is 2. The molecule has 6 heteroatoms. The van der Waals surface area contributed by atoms with E-state index in [0.29, 0.717) is 6.61 Å². The molecule has 1 aromatic heterocycles. The lowest BCUT2D eigenvalue weighted by atomic mass is 10.0. The Morgan fingerprint density at radius 3 is 2.58 bits per heavy atom. The molecule has 0 unspecified atom stereocenters. The van der Waals surface area contributed by atoms with Crippen molar-refractivity contribution in [3.8, 4) is 23.0 Å². The first-order chi connectivity index (χ1) is 15.2. The van der Waals surface area contributed by atoms with Crippen LogP contribution < -0.4 is 18.9 Å². The highest BCUT2D eigenvalue weighted by Crippen LogP contribution is 2.32. The molecule has 0 bridgehead atoms. The van der Waals surface area contributed by atoms with E-state index >= 15 is 0 Å². The molecule has 0 spiro atoms. The number of hydrogen-bond donors (Lipinski definition) is 0. The van der Waals surface area contributed by atoms with E-state index in [-0.39, 0.29) is 0 Å². The fourth-order valence-corrected chi connectivity index (χ4v) is 3.58. The van der Waals surface area contributed by atoms with Crippen LogP contribution in [0.15, 0.2) is 67.0 Å². The number of methoxy groups -OCH3 is 3. The molecular formula is C25H26N2O4. The van der Waals surface area contributed by atoms with Crippen LogP contribution in [0.2, 0.25) is 0 Å². The van der Waals surface area contributed by atoms with Crippen molar-refractivity contribution < 1.29 is 18.9 Å². The summed E-state index contributed by atoms with van der Waals surface area (Å²) in [6, 6.07) is 13.7. The molecule has 0 radical (unpaired) electrons. The van der Waals surface area contributed by atoms with Crippen LogP contribution in [-0.4, -0.2) is 50.9 Å². The number of benzene rings is 2. The van der Waals surface area contributed by atoms with Gasteiger partial charge in [-0.05, 0) is 41.5 Å². The largest absolute Gasteiger partial charge is 0.497 e. The molecule has 160 valence electrons. The van der Waals surface area contributed by atoms with Gasteiger partial charge in [0, 0.05) is 30.4 Å². The molecule has 2 heterocycles. The molecule has 3 aromatic rings. The van der Waals surface area contributed by atoms with Crippen LogP contribution in [0.5, 0.6) is 23.0 Å². The number of ether oxygens (including phenoxy) is 4. The Kier molecular flexibility index (Phi) is 6.26. The molecule has 0 fully saturated rings. The topological polar surface area (TPSA) is 53.1 Å². The standard InChI is InChI=1S/C25H26N2O4/c1-28-20-7-8-21-22(16-20)26-11-10-23(21)31-14-13-27-12-4-5-19(17-27)18-6-9-24(29-2)25(15-18)30-3/h4-11,15-17H,12-14H2,1-3H3. The van der Waals surface area contributed by atoms with Crippen LogP contribution >= 0.6 is 0 Å². The van der Waals surface area contributed by atoms with Crippen molar-refractivity contribution in [2.24, 2.45) is 0 Å². The minimum absolute atomic E-state index is 0.564. The number of allylic oxidation sites excluding steroid dienone is 2. The van der Waals surface area contributed by atoms with Crippen LogP contribution in [0.25, 0.3) is 16.5 Å². The highest BCUT2D eigenvalue weighted by atomic mass is 16.5. The molecule has 0 N–H and O–H groups in total. The Hall–Kier alpha value is -3.67. The Balaban J connectivity index is 1.43. The minimum Gasteiger partial charge on any atom is -0.497 e. The van der Waals surface area contributed by atoms with Gasteiger partial charge in [-0.15, -0.1) is 0 Å². The Labute approximate surface area is 182 Å². The highest BCUT2D eigenvalue weighted by Gasteiger charge is 2.11. The fourth-order valence-electron chi connectivity index (χ4n) is 3.58. The third kappa shape index (κ3) is 4.58. The van der Waals surface area contributed by atoms with Crippen molar-refractivity contribution in [1.82, 2.24) is 9.88 Å². The molecular weight excluding hydrogens is 392 g/mol. The quantitative estimate of drug-likeness (QED) is 0.535. The first kappa shape index (κ1) is 20.6. The summed E-state index contributed by atoms with van der Waals surface area (Å²) in [7, 11) is 4.94. The maximum absolute atomic E-state index is 6.09. The molecule has 2 aromatic carbocycles. The molecule has 6 nitrogen and oxygen atoms in total. The summed E-state index contributed by atoms with van der Waals surface area (Å²) in [4.78, 5) is 6.64. The second-order valence-corrected chi connectivity index (χ2v) is 7.09. The average Bonchev–Trinajstić information content (AvgIpc) is 2.83. The Bertz CT molecular complexity index is 1120. The second kappa shape index (κ2) is 9.43. The van der Waals surface area contributed by atoms with E-state index in [9.17, 15) is 0 Å². The summed E-state index contributed by atoms with van der Waals surface area (Å²) < 4.78 is 22.1. The number of aromatic nitrogens is 1. The SMILES string of the molecule is COc1ccc2c(OCCN3C=C(c4ccc(OC)c(OC)c4)C=CC3)ccnc2c1. The zero-order valence-corrected chi connectivity index (χ0v) is 18.0. The predicted octanol–water partition coefficient (Wildman–Crippen LogP) is 4.55. The smallest absolute Gasteiger partial charge is 0.161 e. The third-order valence-corrected chi connectivity index (χ3v) is 5.22. The molecule has 0 amide bonds. The monoisotopic (exact) mass is 418 g/mol. The van der Waals surface area contributed by atoms with Gasteiger partial charge in [0.15, 0.2) is 11.5 Å². The van der Waals surface area contributed by atoms with E-state index in [4.69, 9.17) is 18.9 Å². The van der Waals surface area contributed by atoms with Crippen molar-refractivity contribution in [3.63, 3.8) is 0 Å². The normalized spacial score (nSPS) is 13.1. The lowest BCUT2D eigenvalue weighted by Crippen LogP contribution is -2.25. The van der Waals surface area contributed by atoms with Gasteiger partial charge < -0.3 is 23.8 Å². The summed E-state index contributed by atoms with van der Waals surface area (Å²) in [6.07, 6.45) is 8.19. The van der Waals surface area contributed by atoms with Gasteiger partial charge in [0.1, 0.15) is 18.1 Å². The van der Waals surface area contributed by atoms with Crippen LogP contribution in [0.3, 0.4) is 0 Å². The van der Waals surface area contributed by atoms with Gasteiger partial charge >= 0.3 is 0 Å². The zero-order valence-electron chi connectivity index (χ0n) is 18.0. The van der Waals surface area contributed by atoms with Crippen molar-refractivity contribution >= 4 is 16.5 Å². The first-order valence-electron chi connectivity index (χ1n) is 10.1. The van der Waals surface area contributed by atoms with Crippen LogP contribution in [-0.2, 0) is 0 Å². The van der Waals surface area contributed by atoms with Crippen LogP contribution in [0.1, 0.15) is 5.56 Å². The molecule has 4 rings (SSSR count). The van der Waals surface area contributed by atoms with Crippen LogP contribution in [0.4, 0.5) is 0 Å². The third-order valence-electron chi connectivity index (χ3n) is 5.22. The average molecular weight is 418 g/mol. The lowest BCUT2D eigenvalue weighted by molar-refractivity contribution is 0.266. The summed E-state index contributed by atoms with van der Waals surface area (Å²) in [6.45, 7) is 2.17. The van der Waals surface area contributed by atoms with Gasteiger partial charge in [0.2, 0.25) is 0 Å². The number of rotatable bonds is 8. The molecule has 1 aliphatic heterocycles. The van der Waals surface area contributed by atoms with Crippen molar-refractivity contribution in [3.05, 3.63) is 72.6 Å². The maximum Gasteiger partial charge on any atom is 0.161 e. The lowest BCUT2D eigenvalue weighted by Gasteiger charge is -2.24. The molecule has 0 saturated carbocycles. The number of pyridine rings is 1. The summed E-state index contributed by atoms with van der Waals surface area (Å²) >= 11 is 0. The Morgan fingerprint density at radius 1 is 0.903 bits per heavy atom. The second-order valence-electron chi connectivity index (χ2n) is 7.09. The minimum atomic E-state index is 0.564. The fraction of sp³-hybridized carbons (Fsp3) is 0.240. The molecule has 1 aliphatic rings. The van der Waals surface area contributed by atoms with Crippen molar-refractivity contribution in [1.29, 1.82) is 0 Å². The van der Waals surface area contributed by atoms with Gasteiger partial charge in [-0.1, -0.05) is 18.2 Å². The Morgan fingerprint density at radius 2 is 1.77 bits per heavy atom. The van der Waals surface area contributed by atoms with Gasteiger partial charge in [0.25, 0.3) is 0 Å². The van der Waals surface area contributed by atoms with E-state index in [2.05, 4.69) is 28.2 Å². The first-order valence-corrected chi connectivity index (χ1v) is 10.1. The molecule has 0 atom stereocenters. The van der Waals surface area contributed by atoms with E-state index in [1.54, 1.807) is 27.5 Å². The van der Waals surface area contributed by atoms with E-state index < -0.39 is 0 Å². The van der Waals surface area contributed by atoms with Gasteiger partial charge in [-0.2, -0.15) is 0 Å². The number of fused-ring (bicyclic) bond motifs is 1. The molecule has 31 heavy (non-hydrogen) atoms. The molecule has 0 aliphatic carbocycles. The number of hydrogen-bond acceptors (Lipinski definition) is 6. The van der Waals surface area contributed by atoms with Gasteiger partial charge in [-0.25, -0.2) is 0 Å². The van der Waals surface area contributed by atoms with Gasteiger partial charge in [-0.3, -0.25) is 4.98 Å². The van der Waals surface area contributed by atoms with Crippen molar-refractivity contribution in [2.75, 3.05) is 41.0 Å². The van der Waals surface area contributed by atoms with E-state index in [0.717, 1.165) is 58.1 Å². The predicted molar refractivity (Wildman–Crippen MR) is 122 cm³/mol. The maximum atomic E-state index is 6.09.